The van der Waals surface area contributed by atoms with E-state index in [1.807, 2.05) is 20.8 Å². The second-order valence-corrected chi connectivity index (χ2v) is 5.26. The quantitative estimate of drug-likeness (QED) is 0.770. The minimum atomic E-state index is -0.424. The third-order valence-electron chi connectivity index (χ3n) is 2.67. The topological polar surface area (TPSA) is 90.9 Å². The highest BCUT2D eigenvalue weighted by Crippen LogP contribution is 2.22. The van der Waals surface area contributed by atoms with Crippen molar-refractivity contribution in [3.63, 3.8) is 0 Å². The standard InChI is InChI=1S/C13H16N4O2/c1-13(2,3)10-6-11(17-16-10)15-12(19)8-4-5-14-7-9(8)18/h4-7,18H,1-3H3,(H2,15,16,17,19). The predicted octanol–water partition coefficient (Wildman–Crippen LogP) is 2.06. The Morgan fingerprint density at radius 3 is 2.74 bits per heavy atom. The fourth-order valence-electron chi connectivity index (χ4n) is 1.53. The number of rotatable bonds is 2. The van der Waals surface area contributed by atoms with Crippen LogP contribution in [0.4, 0.5) is 5.82 Å². The summed E-state index contributed by atoms with van der Waals surface area (Å²) in [5.74, 6) is -0.162. The number of hydrogen-bond donors (Lipinski definition) is 3. The number of aromatic nitrogens is 3. The molecule has 0 aliphatic carbocycles. The van der Waals surface area contributed by atoms with Gasteiger partial charge in [-0.2, -0.15) is 5.10 Å². The number of aromatic hydroxyl groups is 1. The fraction of sp³-hybridized carbons (Fsp3) is 0.308. The number of nitrogens with zero attached hydrogens (tertiary/aromatic N) is 2. The van der Waals surface area contributed by atoms with Gasteiger partial charge in [0.25, 0.3) is 5.91 Å². The van der Waals surface area contributed by atoms with Crippen molar-refractivity contribution in [1.82, 2.24) is 15.2 Å². The Bertz CT molecular complexity index is 599. The average molecular weight is 260 g/mol. The predicted molar refractivity (Wildman–Crippen MR) is 71.1 cm³/mol. The first-order chi connectivity index (χ1) is 8.88. The lowest BCUT2D eigenvalue weighted by Crippen LogP contribution is -2.13. The summed E-state index contributed by atoms with van der Waals surface area (Å²) in [7, 11) is 0. The molecule has 0 aliphatic heterocycles. The molecule has 3 N–H and O–H groups in total. The lowest BCUT2D eigenvalue weighted by molar-refractivity contribution is 0.102. The van der Waals surface area contributed by atoms with Crippen LogP contribution in [0.25, 0.3) is 0 Å². The van der Waals surface area contributed by atoms with E-state index in [1.165, 1.54) is 18.5 Å². The Kier molecular flexibility index (Phi) is 3.25. The number of aromatic amines is 1. The third kappa shape index (κ3) is 2.90. The summed E-state index contributed by atoms with van der Waals surface area (Å²) in [6.45, 7) is 6.13. The van der Waals surface area contributed by atoms with E-state index in [1.54, 1.807) is 6.07 Å². The van der Waals surface area contributed by atoms with E-state index in [0.29, 0.717) is 5.82 Å². The SMILES string of the molecule is CC(C)(C)c1cc(NC(=O)c2ccncc2O)n[nH]1. The molecule has 1 amide bonds. The van der Waals surface area contributed by atoms with Gasteiger partial charge in [0.1, 0.15) is 5.75 Å². The van der Waals surface area contributed by atoms with Crippen LogP contribution in [0.5, 0.6) is 5.75 Å². The largest absolute Gasteiger partial charge is 0.505 e. The number of hydrogen-bond acceptors (Lipinski definition) is 4. The smallest absolute Gasteiger partial charge is 0.260 e. The molecule has 0 saturated heterocycles. The van der Waals surface area contributed by atoms with E-state index in [9.17, 15) is 9.90 Å². The molecule has 0 aliphatic rings. The summed E-state index contributed by atoms with van der Waals surface area (Å²) in [5, 5.41) is 19.1. The van der Waals surface area contributed by atoms with Crippen LogP contribution in [-0.2, 0) is 5.41 Å². The summed E-state index contributed by atoms with van der Waals surface area (Å²) >= 11 is 0. The summed E-state index contributed by atoms with van der Waals surface area (Å²) in [6.07, 6.45) is 2.67. The van der Waals surface area contributed by atoms with Gasteiger partial charge in [0, 0.05) is 23.4 Å². The van der Waals surface area contributed by atoms with Gasteiger partial charge in [-0.15, -0.1) is 0 Å². The maximum atomic E-state index is 11.9. The number of pyridine rings is 1. The van der Waals surface area contributed by atoms with E-state index in [0.717, 1.165) is 5.69 Å². The molecular weight excluding hydrogens is 244 g/mol. The average Bonchev–Trinajstić information content (AvgIpc) is 2.77. The zero-order valence-corrected chi connectivity index (χ0v) is 11.1. The molecule has 0 unspecified atom stereocenters. The van der Waals surface area contributed by atoms with Gasteiger partial charge in [0.15, 0.2) is 5.82 Å². The van der Waals surface area contributed by atoms with Gasteiger partial charge in [0.2, 0.25) is 0 Å². The molecule has 0 bridgehead atoms. The van der Waals surface area contributed by atoms with Crippen molar-refractivity contribution in [3.8, 4) is 5.75 Å². The number of nitrogens with one attached hydrogen (secondary N) is 2. The van der Waals surface area contributed by atoms with Crippen LogP contribution in [0.3, 0.4) is 0 Å². The van der Waals surface area contributed by atoms with Gasteiger partial charge in [-0.25, -0.2) is 0 Å². The number of anilines is 1. The molecule has 0 spiro atoms. The lowest BCUT2D eigenvalue weighted by atomic mass is 9.92. The molecule has 6 nitrogen and oxygen atoms in total. The maximum absolute atomic E-state index is 11.9. The Morgan fingerprint density at radius 1 is 1.42 bits per heavy atom. The maximum Gasteiger partial charge on any atom is 0.260 e. The number of amides is 1. The van der Waals surface area contributed by atoms with Crippen molar-refractivity contribution in [1.29, 1.82) is 0 Å². The first-order valence-corrected chi connectivity index (χ1v) is 5.88. The van der Waals surface area contributed by atoms with Crippen LogP contribution in [0.1, 0.15) is 36.8 Å². The van der Waals surface area contributed by atoms with E-state index >= 15 is 0 Å². The van der Waals surface area contributed by atoms with E-state index < -0.39 is 5.91 Å². The molecule has 100 valence electrons. The molecule has 6 heteroatoms. The van der Waals surface area contributed by atoms with E-state index in [-0.39, 0.29) is 16.7 Å². The van der Waals surface area contributed by atoms with Gasteiger partial charge >= 0.3 is 0 Å². The normalized spacial score (nSPS) is 11.3. The third-order valence-corrected chi connectivity index (χ3v) is 2.67. The van der Waals surface area contributed by atoms with Gasteiger partial charge in [-0.05, 0) is 6.07 Å². The molecule has 2 aromatic rings. The highest BCUT2D eigenvalue weighted by molar-refractivity contribution is 6.05. The van der Waals surface area contributed by atoms with Crippen LogP contribution in [0, 0.1) is 0 Å². The Balaban J connectivity index is 2.16. The number of carbonyl (C=O) groups excluding carboxylic acids is 1. The van der Waals surface area contributed by atoms with Crippen LogP contribution >= 0.6 is 0 Å². The minimum Gasteiger partial charge on any atom is -0.505 e. The molecule has 2 heterocycles. The zero-order chi connectivity index (χ0) is 14.0. The number of carbonyl (C=O) groups is 1. The first kappa shape index (κ1) is 13.1. The van der Waals surface area contributed by atoms with Crippen molar-refractivity contribution in [2.75, 3.05) is 5.32 Å². The summed E-state index contributed by atoms with van der Waals surface area (Å²) < 4.78 is 0. The fourth-order valence-corrected chi connectivity index (χ4v) is 1.53. The first-order valence-electron chi connectivity index (χ1n) is 5.88. The Labute approximate surface area is 110 Å². The molecular formula is C13H16N4O2. The van der Waals surface area contributed by atoms with Crippen LogP contribution in [0.2, 0.25) is 0 Å². The lowest BCUT2D eigenvalue weighted by Gasteiger charge is -2.14. The molecule has 0 fully saturated rings. The zero-order valence-electron chi connectivity index (χ0n) is 11.1. The summed E-state index contributed by atoms with van der Waals surface area (Å²) in [4.78, 5) is 15.7. The molecule has 0 atom stereocenters. The van der Waals surface area contributed by atoms with Crippen molar-refractivity contribution >= 4 is 11.7 Å². The second-order valence-electron chi connectivity index (χ2n) is 5.26. The highest BCUT2D eigenvalue weighted by Gasteiger charge is 2.18. The van der Waals surface area contributed by atoms with Crippen molar-refractivity contribution < 1.29 is 9.90 Å². The van der Waals surface area contributed by atoms with Gasteiger partial charge in [0.05, 0.1) is 11.8 Å². The number of H-pyrrole nitrogens is 1. The van der Waals surface area contributed by atoms with Crippen molar-refractivity contribution in [2.45, 2.75) is 26.2 Å². The molecule has 19 heavy (non-hydrogen) atoms. The Hall–Kier alpha value is -2.37. The monoisotopic (exact) mass is 260 g/mol. The molecule has 0 saturated carbocycles. The van der Waals surface area contributed by atoms with Crippen molar-refractivity contribution in [2.24, 2.45) is 0 Å². The molecule has 2 rings (SSSR count). The van der Waals surface area contributed by atoms with Gasteiger partial charge in [-0.1, -0.05) is 20.8 Å². The van der Waals surface area contributed by atoms with Crippen LogP contribution in [-0.4, -0.2) is 26.2 Å². The van der Waals surface area contributed by atoms with Crippen LogP contribution in [0.15, 0.2) is 24.5 Å². The van der Waals surface area contributed by atoms with E-state index in [4.69, 9.17) is 0 Å². The van der Waals surface area contributed by atoms with Crippen LogP contribution < -0.4 is 5.32 Å². The van der Waals surface area contributed by atoms with Gasteiger partial charge < -0.3 is 10.4 Å². The van der Waals surface area contributed by atoms with Crippen molar-refractivity contribution in [3.05, 3.63) is 35.8 Å². The molecule has 0 radical (unpaired) electrons. The summed E-state index contributed by atoms with van der Waals surface area (Å²) in [6, 6.07) is 3.22. The van der Waals surface area contributed by atoms with Gasteiger partial charge in [-0.3, -0.25) is 14.9 Å². The summed E-state index contributed by atoms with van der Waals surface area (Å²) in [5.41, 5.74) is 1.01. The molecule has 0 aromatic carbocycles. The second kappa shape index (κ2) is 4.72. The molecule has 2 aromatic heterocycles. The minimum absolute atomic E-state index is 0.0746. The van der Waals surface area contributed by atoms with E-state index in [2.05, 4.69) is 20.5 Å². The Morgan fingerprint density at radius 2 is 2.16 bits per heavy atom. The highest BCUT2D eigenvalue weighted by atomic mass is 16.3.